The SMILES string of the molecule is C=C(C)[C@H]1CCC(c2ccc(Cl)cc2)=C[C@@H]1O. The standard InChI is InChI=1S/C15H17ClO/c1-10(2)14-8-5-12(9-15(14)17)11-3-6-13(16)7-4-11/h3-4,6-7,9,14-15,17H,1,5,8H2,2H3/t14-,15+/m1/s1. The van der Waals surface area contributed by atoms with Gasteiger partial charge in [-0.3, -0.25) is 0 Å². The van der Waals surface area contributed by atoms with Gasteiger partial charge in [-0.15, -0.1) is 0 Å². The molecule has 1 aromatic carbocycles. The van der Waals surface area contributed by atoms with Gasteiger partial charge in [0.2, 0.25) is 0 Å². The second-order valence-corrected chi connectivity index (χ2v) is 5.12. The Morgan fingerprint density at radius 2 is 2.00 bits per heavy atom. The van der Waals surface area contributed by atoms with Gasteiger partial charge in [-0.1, -0.05) is 42.0 Å². The zero-order valence-corrected chi connectivity index (χ0v) is 10.7. The number of aliphatic hydroxyl groups is 1. The number of rotatable bonds is 2. The van der Waals surface area contributed by atoms with Crippen molar-refractivity contribution in [2.24, 2.45) is 5.92 Å². The maximum atomic E-state index is 10.1. The van der Waals surface area contributed by atoms with E-state index in [1.807, 2.05) is 37.3 Å². The maximum Gasteiger partial charge on any atom is 0.0791 e. The van der Waals surface area contributed by atoms with E-state index in [0.29, 0.717) is 0 Å². The van der Waals surface area contributed by atoms with Gasteiger partial charge in [0.05, 0.1) is 6.10 Å². The highest BCUT2D eigenvalue weighted by atomic mass is 35.5. The molecule has 2 atom stereocenters. The number of aliphatic hydroxyl groups excluding tert-OH is 1. The molecule has 1 aliphatic rings. The van der Waals surface area contributed by atoms with Crippen molar-refractivity contribution in [2.75, 3.05) is 0 Å². The van der Waals surface area contributed by atoms with Crippen molar-refractivity contribution in [1.82, 2.24) is 0 Å². The number of allylic oxidation sites excluding steroid dienone is 1. The summed E-state index contributed by atoms with van der Waals surface area (Å²) in [6.07, 6.45) is 3.49. The summed E-state index contributed by atoms with van der Waals surface area (Å²) in [5.41, 5.74) is 3.41. The summed E-state index contributed by atoms with van der Waals surface area (Å²) in [5.74, 6) is 0.200. The summed E-state index contributed by atoms with van der Waals surface area (Å²) in [6, 6.07) is 7.77. The largest absolute Gasteiger partial charge is 0.388 e. The molecule has 2 rings (SSSR count). The Morgan fingerprint density at radius 3 is 2.53 bits per heavy atom. The molecule has 0 saturated heterocycles. The van der Waals surface area contributed by atoms with Gasteiger partial charge >= 0.3 is 0 Å². The average Bonchev–Trinajstić information content (AvgIpc) is 2.29. The highest BCUT2D eigenvalue weighted by Crippen LogP contribution is 2.33. The summed E-state index contributed by atoms with van der Waals surface area (Å²) in [5, 5.41) is 10.8. The third kappa shape index (κ3) is 2.80. The first-order chi connectivity index (χ1) is 8.08. The second kappa shape index (κ2) is 5.07. The lowest BCUT2D eigenvalue weighted by atomic mass is 9.81. The number of halogens is 1. The molecule has 2 heteroatoms. The van der Waals surface area contributed by atoms with Crippen molar-refractivity contribution in [3.63, 3.8) is 0 Å². The molecule has 1 aromatic rings. The first-order valence-corrected chi connectivity index (χ1v) is 6.26. The van der Waals surface area contributed by atoms with E-state index in [9.17, 15) is 5.11 Å². The third-order valence-corrected chi connectivity index (χ3v) is 3.61. The zero-order valence-electron chi connectivity index (χ0n) is 9.99. The van der Waals surface area contributed by atoms with Crippen LogP contribution >= 0.6 is 11.6 Å². The van der Waals surface area contributed by atoms with Gasteiger partial charge in [0, 0.05) is 10.9 Å². The minimum Gasteiger partial charge on any atom is -0.388 e. The lowest BCUT2D eigenvalue weighted by molar-refractivity contribution is 0.162. The van der Waals surface area contributed by atoms with E-state index < -0.39 is 6.10 Å². The van der Waals surface area contributed by atoms with Gasteiger partial charge in [-0.05, 0) is 43.0 Å². The molecule has 0 aromatic heterocycles. The molecule has 1 N–H and O–H groups in total. The summed E-state index contributed by atoms with van der Waals surface area (Å²) >= 11 is 5.86. The minimum atomic E-state index is -0.410. The van der Waals surface area contributed by atoms with Crippen molar-refractivity contribution in [2.45, 2.75) is 25.9 Å². The predicted octanol–water partition coefficient (Wildman–Crippen LogP) is 4.07. The Morgan fingerprint density at radius 1 is 1.35 bits per heavy atom. The Balaban J connectivity index is 2.22. The molecular weight excluding hydrogens is 232 g/mol. The lowest BCUT2D eigenvalue weighted by Gasteiger charge is -2.27. The summed E-state index contributed by atoms with van der Waals surface area (Å²) in [6.45, 7) is 5.91. The zero-order chi connectivity index (χ0) is 12.4. The molecule has 0 amide bonds. The molecule has 1 nitrogen and oxygen atoms in total. The van der Waals surface area contributed by atoms with Crippen molar-refractivity contribution >= 4 is 17.2 Å². The van der Waals surface area contributed by atoms with E-state index in [1.54, 1.807) is 0 Å². The van der Waals surface area contributed by atoms with Crippen molar-refractivity contribution < 1.29 is 5.11 Å². The van der Waals surface area contributed by atoms with Gasteiger partial charge in [-0.2, -0.15) is 0 Å². The average molecular weight is 249 g/mol. The van der Waals surface area contributed by atoms with Crippen LogP contribution in [-0.4, -0.2) is 11.2 Å². The van der Waals surface area contributed by atoms with Crippen LogP contribution < -0.4 is 0 Å². The molecule has 0 saturated carbocycles. The number of benzene rings is 1. The molecule has 90 valence electrons. The van der Waals surface area contributed by atoms with Crippen LogP contribution in [0.3, 0.4) is 0 Å². The second-order valence-electron chi connectivity index (χ2n) is 4.68. The Hall–Kier alpha value is -1.05. The van der Waals surface area contributed by atoms with E-state index in [2.05, 4.69) is 6.58 Å². The molecule has 0 unspecified atom stereocenters. The molecule has 0 heterocycles. The van der Waals surface area contributed by atoms with Gasteiger partial charge in [0.1, 0.15) is 0 Å². The van der Waals surface area contributed by atoms with E-state index in [0.717, 1.165) is 29.0 Å². The van der Waals surface area contributed by atoms with Gasteiger partial charge in [0.15, 0.2) is 0 Å². The van der Waals surface area contributed by atoms with Crippen LogP contribution in [0, 0.1) is 5.92 Å². The van der Waals surface area contributed by atoms with Gasteiger partial charge < -0.3 is 5.11 Å². The molecule has 0 spiro atoms. The summed E-state index contributed by atoms with van der Waals surface area (Å²) < 4.78 is 0. The quantitative estimate of drug-likeness (QED) is 0.783. The van der Waals surface area contributed by atoms with Gasteiger partial charge in [0.25, 0.3) is 0 Å². The third-order valence-electron chi connectivity index (χ3n) is 3.36. The summed E-state index contributed by atoms with van der Waals surface area (Å²) in [4.78, 5) is 0. The van der Waals surface area contributed by atoms with Crippen LogP contribution in [-0.2, 0) is 0 Å². The van der Waals surface area contributed by atoms with Crippen LogP contribution in [0.1, 0.15) is 25.3 Å². The molecule has 0 fully saturated rings. The highest BCUT2D eigenvalue weighted by molar-refractivity contribution is 6.30. The lowest BCUT2D eigenvalue weighted by Crippen LogP contribution is -2.22. The molecule has 1 aliphatic carbocycles. The van der Waals surface area contributed by atoms with E-state index in [-0.39, 0.29) is 5.92 Å². The molecule has 0 radical (unpaired) electrons. The van der Waals surface area contributed by atoms with Crippen molar-refractivity contribution in [3.05, 3.63) is 53.1 Å². The van der Waals surface area contributed by atoms with Crippen LogP contribution in [0.2, 0.25) is 5.02 Å². The monoisotopic (exact) mass is 248 g/mol. The molecule has 0 bridgehead atoms. The first-order valence-electron chi connectivity index (χ1n) is 5.88. The number of hydrogen-bond donors (Lipinski definition) is 1. The fourth-order valence-corrected chi connectivity index (χ4v) is 2.46. The van der Waals surface area contributed by atoms with E-state index >= 15 is 0 Å². The minimum absolute atomic E-state index is 0.200. The topological polar surface area (TPSA) is 20.2 Å². The Labute approximate surface area is 107 Å². The number of hydrogen-bond acceptors (Lipinski definition) is 1. The van der Waals surface area contributed by atoms with E-state index in [4.69, 9.17) is 11.6 Å². The van der Waals surface area contributed by atoms with Gasteiger partial charge in [-0.25, -0.2) is 0 Å². The Bertz CT molecular complexity index is 444. The molecular formula is C15H17ClO. The summed E-state index contributed by atoms with van der Waals surface area (Å²) in [7, 11) is 0. The Kier molecular flexibility index (Phi) is 3.70. The normalized spacial score (nSPS) is 24.3. The smallest absolute Gasteiger partial charge is 0.0791 e. The fraction of sp³-hybridized carbons (Fsp3) is 0.333. The molecule has 17 heavy (non-hydrogen) atoms. The van der Waals surface area contributed by atoms with Crippen molar-refractivity contribution in [1.29, 1.82) is 0 Å². The predicted molar refractivity (Wildman–Crippen MR) is 73.0 cm³/mol. The highest BCUT2D eigenvalue weighted by Gasteiger charge is 2.23. The van der Waals surface area contributed by atoms with Crippen LogP contribution in [0.25, 0.3) is 5.57 Å². The van der Waals surface area contributed by atoms with Crippen molar-refractivity contribution in [3.8, 4) is 0 Å². The fourth-order valence-electron chi connectivity index (χ4n) is 2.33. The first kappa shape index (κ1) is 12.4. The maximum absolute atomic E-state index is 10.1. The molecule has 0 aliphatic heterocycles. The van der Waals surface area contributed by atoms with Crippen LogP contribution in [0.15, 0.2) is 42.5 Å². The van der Waals surface area contributed by atoms with Crippen LogP contribution in [0.5, 0.6) is 0 Å². The van der Waals surface area contributed by atoms with Crippen LogP contribution in [0.4, 0.5) is 0 Å². The van der Waals surface area contributed by atoms with E-state index in [1.165, 1.54) is 5.57 Å².